The van der Waals surface area contributed by atoms with Gasteiger partial charge in [-0.3, -0.25) is 9.59 Å². The summed E-state index contributed by atoms with van der Waals surface area (Å²) in [5.74, 6) is 1.70. The molecule has 0 N–H and O–H groups in total. The van der Waals surface area contributed by atoms with Gasteiger partial charge in [-0.1, -0.05) is 39.3 Å². The first-order valence-corrected chi connectivity index (χ1v) is 8.97. The van der Waals surface area contributed by atoms with Gasteiger partial charge in [0.15, 0.2) is 0 Å². The summed E-state index contributed by atoms with van der Waals surface area (Å²) < 4.78 is 0. The van der Waals surface area contributed by atoms with Gasteiger partial charge in [-0.2, -0.15) is 0 Å². The molecule has 1 fully saturated rings. The maximum atomic E-state index is 13.0. The second-order valence-electron chi connectivity index (χ2n) is 8.34. The Morgan fingerprint density at radius 2 is 1.91 bits per heavy atom. The molecule has 0 bridgehead atoms. The molecule has 2 aliphatic carbocycles. The van der Waals surface area contributed by atoms with Gasteiger partial charge in [0.1, 0.15) is 11.6 Å². The number of Topliss-reactive ketones (excluding diaryl/α,β-unsaturated/α-hetero) is 2. The number of fused-ring (bicyclic) bond motifs is 1. The zero-order valence-electron chi connectivity index (χ0n) is 14.9. The van der Waals surface area contributed by atoms with Gasteiger partial charge in [0.05, 0.1) is 0 Å². The lowest BCUT2D eigenvalue weighted by atomic mass is 9.68. The Labute approximate surface area is 135 Å². The summed E-state index contributed by atoms with van der Waals surface area (Å²) in [6.07, 6.45) is 7.60. The van der Waals surface area contributed by atoms with E-state index in [1.165, 1.54) is 5.57 Å². The van der Waals surface area contributed by atoms with Gasteiger partial charge in [0, 0.05) is 24.2 Å². The Morgan fingerprint density at radius 3 is 2.55 bits per heavy atom. The highest BCUT2D eigenvalue weighted by atomic mass is 16.1. The van der Waals surface area contributed by atoms with Crippen LogP contribution < -0.4 is 0 Å². The summed E-state index contributed by atoms with van der Waals surface area (Å²) >= 11 is 0. The maximum absolute atomic E-state index is 13.0. The van der Waals surface area contributed by atoms with E-state index in [2.05, 4.69) is 40.7 Å². The van der Waals surface area contributed by atoms with Crippen molar-refractivity contribution in [2.75, 3.05) is 0 Å². The van der Waals surface area contributed by atoms with Crippen LogP contribution in [0.4, 0.5) is 0 Å². The van der Waals surface area contributed by atoms with E-state index in [4.69, 9.17) is 0 Å². The van der Waals surface area contributed by atoms with Crippen molar-refractivity contribution in [1.82, 2.24) is 0 Å². The van der Waals surface area contributed by atoms with Crippen molar-refractivity contribution in [2.24, 2.45) is 29.1 Å². The van der Waals surface area contributed by atoms with Crippen molar-refractivity contribution < 1.29 is 9.59 Å². The molecule has 2 aliphatic rings. The lowest BCUT2D eigenvalue weighted by Gasteiger charge is -2.34. The average molecular weight is 304 g/mol. The Kier molecular flexibility index (Phi) is 5.29. The molecule has 0 aliphatic heterocycles. The lowest BCUT2D eigenvalue weighted by Crippen LogP contribution is -2.36. The van der Waals surface area contributed by atoms with Crippen LogP contribution in [-0.2, 0) is 9.59 Å². The standard InChI is InChI=1S/C20H32O2/c1-13(2)19-16-10-9-14(3)7-6-8-15(4)11-18(22)20(16,5)12-17(19)21/h7,13,15-16,19H,6,8-12H2,1-5H3. The summed E-state index contributed by atoms with van der Waals surface area (Å²) in [5, 5.41) is 0. The highest BCUT2D eigenvalue weighted by molar-refractivity contribution is 5.96. The normalized spacial score (nSPS) is 37.7. The molecule has 124 valence electrons. The third-order valence-electron chi connectivity index (χ3n) is 6.06. The van der Waals surface area contributed by atoms with Gasteiger partial charge >= 0.3 is 0 Å². The van der Waals surface area contributed by atoms with E-state index in [-0.39, 0.29) is 11.8 Å². The summed E-state index contributed by atoms with van der Waals surface area (Å²) in [4.78, 5) is 25.6. The summed E-state index contributed by atoms with van der Waals surface area (Å²) in [5.41, 5.74) is 0.996. The fourth-order valence-corrected chi connectivity index (χ4v) is 4.62. The van der Waals surface area contributed by atoms with Crippen molar-refractivity contribution >= 4 is 11.6 Å². The van der Waals surface area contributed by atoms with Gasteiger partial charge in [-0.15, -0.1) is 0 Å². The fourth-order valence-electron chi connectivity index (χ4n) is 4.62. The van der Waals surface area contributed by atoms with Crippen LogP contribution in [0.3, 0.4) is 0 Å². The largest absolute Gasteiger partial charge is 0.299 e. The highest BCUT2D eigenvalue weighted by Crippen LogP contribution is 2.51. The highest BCUT2D eigenvalue weighted by Gasteiger charge is 2.54. The SMILES string of the molecule is CC1=CCCC(C)CC(=O)C2(C)CC(=O)C(C(C)C)C2CC1. The first-order chi connectivity index (χ1) is 10.3. The topological polar surface area (TPSA) is 34.1 Å². The zero-order valence-corrected chi connectivity index (χ0v) is 14.9. The number of rotatable bonds is 1. The minimum atomic E-state index is -0.426. The van der Waals surface area contributed by atoms with Gasteiger partial charge in [-0.05, 0) is 50.4 Å². The smallest absolute Gasteiger partial charge is 0.139 e. The molecule has 0 aromatic carbocycles. The third-order valence-corrected chi connectivity index (χ3v) is 6.06. The molecule has 2 rings (SSSR count). The zero-order chi connectivity index (χ0) is 16.5. The molecule has 1 saturated carbocycles. The van der Waals surface area contributed by atoms with Crippen LogP contribution in [0.5, 0.6) is 0 Å². The van der Waals surface area contributed by atoms with Crippen molar-refractivity contribution in [2.45, 2.75) is 73.1 Å². The van der Waals surface area contributed by atoms with E-state index >= 15 is 0 Å². The summed E-state index contributed by atoms with van der Waals surface area (Å²) in [6.45, 7) is 10.7. The molecule has 0 spiro atoms. The quantitative estimate of drug-likeness (QED) is 0.641. The number of hydrogen-bond acceptors (Lipinski definition) is 2. The van der Waals surface area contributed by atoms with Gasteiger partial charge in [0.2, 0.25) is 0 Å². The number of carbonyl (C=O) groups excluding carboxylic acids is 2. The van der Waals surface area contributed by atoms with E-state index in [0.29, 0.717) is 36.2 Å². The van der Waals surface area contributed by atoms with Gasteiger partial charge < -0.3 is 0 Å². The Bertz CT molecular complexity index is 474. The molecule has 0 aromatic rings. The molecular formula is C20H32O2. The first-order valence-electron chi connectivity index (χ1n) is 8.97. The fraction of sp³-hybridized carbons (Fsp3) is 0.800. The van der Waals surface area contributed by atoms with Crippen molar-refractivity contribution in [3.8, 4) is 0 Å². The van der Waals surface area contributed by atoms with E-state index in [0.717, 1.165) is 25.7 Å². The van der Waals surface area contributed by atoms with Gasteiger partial charge in [0.25, 0.3) is 0 Å². The first kappa shape index (κ1) is 17.4. The number of ketones is 2. The minimum absolute atomic E-state index is 0.0674. The number of carbonyl (C=O) groups is 2. The monoisotopic (exact) mass is 304 g/mol. The predicted octanol–water partition coefficient (Wildman–Crippen LogP) is 4.97. The number of hydrogen-bond donors (Lipinski definition) is 0. The van der Waals surface area contributed by atoms with Crippen molar-refractivity contribution in [3.63, 3.8) is 0 Å². The minimum Gasteiger partial charge on any atom is -0.299 e. The van der Waals surface area contributed by atoms with E-state index in [1.54, 1.807) is 0 Å². The molecule has 0 aromatic heterocycles. The molecular weight excluding hydrogens is 272 g/mol. The van der Waals surface area contributed by atoms with Crippen LogP contribution in [0.15, 0.2) is 11.6 Å². The molecule has 0 saturated heterocycles. The Hall–Kier alpha value is -0.920. The average Bonchev–Trinajstić information content (AvgIpc) is 2.67. The molecule has 4 unspecified atom stereocenters. The number of allylic oxidation sites excluding steroid dienone is 2. The van der Waals surface area contributed by atoms with Crippen molar-refractivity contribution in [1.29, 1.82) is 0 Å². The van der Waals surface area contributed by atoms with Crippen LogP contribution in [0.1, 0.15) is 73.1 Å². The van der Waals surface area contributed by atoms with Crippen LogP contribution >= 0.6 is 0 Å². The van der Waals surface area contributed by atoms with Crippen LogP contribution in [0, 0.1) is 29.1 Å². The maximum Gasteiger partial charge on any atom is 0.139 e. The van der Waals surface area contributed by atoms with Crippen LogP contribution in [0.2, 0.25) is 0 Å². The molecule has 0 amide bonds. The Balaban J connectivity index is 2.36. The molecule has 4 atom stereocenters. The second kappa shape index (κ2) is 6.68. The molecule has 0 heterocycles. The molecule has 2 heteroatoms. The summed E-state index contributed by atoms with van der Waals surface area (Å²) in [7, 11) is 0. The predicted molar refractivity (Wildman–Crippen MR) is 90.6 cm³/mol. The van der Waals surface area contributed by atoms with Crippen LogP contribution in [0.25, 0.3) is 0 Å². The van der Waals surface area contributed by atoms with Crippen LogP contribution in [-0.4, -0.2) is 11.6 Å². The second-order valence-corrected chi connectivity index (χ2v) is 8.34. The summed E-state index contributed by atoms with van der Waals surface area (Å²) in [6, 6.07) is 0. The Morgan fingerprint density at radius 1 is 1.23 bits per heavy atom. The molecule has 2 nitrogen and oxygen atoms in total. The van der Waals surface area contributed by atoms with E-state index in [9.17, 15) is 9.59 Å². The van der Waals surface area contributed by atoms with Gasteiger partial charge in [-0.25, -0.2) is 0 Å². The third kappa shape index (κ3) is 3.36. The molecule has 22 heavy (non-hydrogen) atoms. The molecule has 0 radical (unpaired) electrons. The van der Waals surface area contributed by atoms with E-state index < -0.39 is 5.41 Å². The van der Waals surface area contributed by atoms with E-state index in [1.807, 2.05) is 0 Å². The van der Waals surface area contributed by atoms with Crippen molar-refractivity contribution in [3.05, 3.63) is 11.6 Å². The lowest BCUT2D eigenvalue weighted by molar-refractivity contribution is -0.132.